The number of unbranched alkanes of at least 4 members (excludes halogenated alkanes) is 10. The Morgan fingerprint density at radius 3 is 1.81 bits per heavy atom. The molecule has 0 aromatic heterocycles. The minimum absolute atomic E-state index is 0.0522. The molecule has 0 heterocycles. The maximum atomic E-state index is 11.5. The molecular weight excluding hydrogens is 493 g/mol. The first-order chi connectivity index (χ1) is 18.0. The van der Waals surface area contributed by atoms with Crippen molar-refractivity contribution in [3.05, 3.63) is 0 Å². The zero-order chi connectivity index (χ0) is 27.8. The Balaban J connectivity index is 0. The SMILES string of the molecule is CSC.OC(O)CCCCCCCCCCC1CCCCC1.OCCCCCCN(CCO)CCOF. The van der Waals surface area contributed by atoms with Crippen LogP contribution in [0.1, 0.15) is 122 Å². The number of thioether (sulfide) groups is 1. The molecule has 8 heteroatoms. The lowest BCUT2D eigenvalue weighted by atomic mass is 9.85. The number of nitrogens with zero attached hydrogens (tertiary/aromatic N) is 1. The number of aliphatic hydroxyl groups excluding tert-OH is 3. The van der Waals surface area contributed by atoms with Crippen LogP contribution in [0.15, 0.2) is 0 Å². The Kier molecular flexibility index (Phi) is 36.1. The first-order valence-corrected chi connectivity index (χ1v) is 16.6. The zero-order valence-corrected chi connectivity index (χ0v) is 25.1. The van der Waals surface area contributed by atoms with Gasteiger partial charge in [-0.25, -0.2) is 0 Å². The highest BCUT2D eigenvalue weighted by molar-refractivity contribution is 7.97. The van der Waals surface area contributed by atoms with Crippen LogP contribution in [-0.2, 0) is 4.94 Å². The van der Waals surface area contributed by atoms with Crippen molar-refractivity contribution in [3.63, 3.8) is 0 Å². The zero-order valence-electron chi connectivity index (χ0n) is 24.3. The molecule has 1 saturated carbocycles. The average Bonchev–Trinajstić information content (AvgIpc) is 2.89. The Bertz CT molecular complexity index is 404. The first-order valence-electron chi connectivity index (χ1n) is 15.0. The summed E-state index contributed by atoms with van der Waals surface area (Å²) in [4.78, 5) is 5.48. The van der Waals surface area contributed by atoms with Gasteiger partial charge in [-0.2, -0.15) is 16.7 Å². The summed E-state index contributed by atoms with van der Waals surface area (Å²) in [6.07, 6.45) is 26.7. The van der Waals surface area contributed by atoms with E-state index in [9.17, 15) is 4.53 Å². The third-order valence-electron chi connectivity index (χ3n) is 6.83. The van der Waals surface area contributed by atoms with Crippen molar-refractivity contribution in [3.8, 4) is 0 Å². The second kappa shape index (κ2) is 34.1. The second-order valence-electron chi connectivity index (χ2n) is 10.3. The summed E-state index contributed by atoms with van der Waals surface area (Å²) < 4.78 is 11.5. The summed E-state index contributed by atoms with van der Waals surface area (Å²) in [6, 6.07) is 0. The molecular formula is C29H62FNO5S. The lowest BCUT2D eigenvalue weighted by Gasteiger charge is -2.21. The predicted molar refractivity (Wildman–Crippen MR) is 157 cm³/mol. The quantitative estimate of drug-likeness (QED) is 0.0896. The summed E-state index contributed by atoms with van der Waals surface area (Å²) in [5.41, 5.74) is 0. The molecule has 0 radical (unpaired) electrons. The van der Waals surface area contributed by atoms with Gasteiger partial charge in [-0.05, 0) is 55.2 Å². The summed E-state index contributed by atoms with van der Waals surface area (Å²) in [6.45, 7) is 2.30. The van der Waals surface area contributed by atoms with E-state index in [1.165, 1.54) is 77.0 Å². The standard InChI is InChI=1S/C17H34O2.C10H22FNO3.C2H6S/c18-17(19)15-11-6-4-2-1-3-5-8-12-16-13-9-7-10-14-16;11-15-10-7-12(6-9-14)5-3-1-2-4-8-13;1-3-2/h16-19H,1-15H2;13-14H,1-10H2;1-2H3. The Morgan fingerprint density at radius 1 is 0.730 bits per heavy atom. The second-order valence-corrected chi connectivity index (χ2v) is 11.1. The van der Waals surface area contributed by atoms with Gasteiger partial charge in [-0.15, -0.1) is 0 Å². The van der Waals surface area contributed by atoms with Gasteiger partial charge >= 0.3 is 0 Å². The van der Waals surface area contributed by atoms with E-state index in [4.69, 9.17) is 20.4 Å². The topological polar surface area (TPSA) is 93.4 Å². The van der Waals surface area contributed by atoms with Gasteiger partial charge in [-0.3, -0.25) is 4.90 Å². The Labute approximate surface area is 232 Å². The molecule has 1 fully saturated rings. The Hall–Kier alpha value is 0.0400. The molecule has 0 aromatic rings. The van der Waals surface area contributed by atoms with Gasteiger partial charge in [-0.1, -0.05) is 96.3 Å². The molecule has 0 bridgehead atoms. The van der Waals surface area contributed by atoms with Crippen molar-refractivity contribution >= 4 is 11.8 Å². The maximum absolute atomic E-state index is 11.5. The fourth-order valence-corrected chi connectivity index (χ4v) is 4.74. The van der Waals surface area contributed by atoms with E-state index in [1.54, 1.807) is 11.8 Å². The number of hydrogen-bond donors (Lipinski definition) is 4. The molecule has 0 amide bonds. The van der Waals surface area contributed by atoms with Crippen LogP contribution in [0, 0.1) is 5.92 Å². The van der Waals surface area contributed by atoms with Crippen LogP contribution in [0.3, 0.4) is 0 Å². The van der Waals surface area contributed by atoms with Gasteiger partial charge in [0.2, 0.25) is 0 Å². The van der Waals surface area contributed by atoms with E-state index in [2.05, 4.69) is 4.94 Å². The fourth-order valence-electron chi connectivity index (χ4n) is 4.74. The molecule has 1 aliphatic rings. The Morgan fingerprint density at radius 2 is 1.27 bits per heavy atom. The predicted octanol–water partition coefficient (Wildman–Crippen LogP) is 6.49. The summed E-state index contributed by atoms with van der Waals surface area (Å²) in [5, 5.41) is 34.8. The van der Waals surface area contributed by atoms with E-state index in [1.807, 2.05) is 17.4 Å². The minimum atomic E-state index is -1.10. The lowest BCUT2D eigenvalue weighted by Crippen LogP contribution is -2.31. The van der Waals surface area contributed by atoms with E-state index in [-0.39, 0.29) is 19.8 Å². The average molecular weight is 556 g/mol. The minimum Gasteiger partial charge on any atom is -0.396 e. The first kappa shape index (κ1) is 39.2. The molecule has 4 N–H and O–H groups in total. The van der Waals surface area contributed by atoms with Crippen molar-refractivity contribution in [2.45, 2.75) is 128 Å². The molecule has 0 saturated heterocycles. The van der Waals surface area contributed by atoms with Crippen LogP contribution in [0.25, 0.3) is 0 Å². The van der Waals surface area contributed by atoms with E-state index >= 15 is 0 Å². The molecule has 0 aromatic carbocycles. The van der Waals surface area contributed by atoms with Crippen molar-refractivity contribution in [1.29, 1.82) is 0 Å². The molecule has 0 unspecified atom stereocenters. The highest BCUT2D eigenvalue weighted by Gasteiger charge is 2.12. The number of rotatable bonds is 22. The smallest absolute Gasteiger partial charge is 0.151 e. The molecule has 1 aliphatic carbocycles. The van der Waals surface area contributed by atoms with Crippen molar-refractivity contribution < 1.29 is 29.9 Å². The summed E-state index contributed by atoms with van der Waals surface area (Å²) in [7, 11) is 0. The highest BCUT2D eigenvalue weighted by Crippen LogP contribution is 2.28. The van der Waals surface area contributed by atoms with Crippen LogP contribution in [0.2, 0.25) is 0 Å². The molecule has 6 nitrogen and oxygen atoms in total. The fraction of sp³-hybridized carbons (Fsp3) is 1.00. The van der Waals surface area contributed by atoms with Gasteiger partial charge in [0.15, 0.2) is 6.29 Å². The van der Waals surface area contributed by atoms with Gasteiger partial charge in [0.1, 0.15) is 6.61 Å². The normalized spacial score (nSPS) is 13.9. The van der Waals surface area contributed by atoms with Crippen LogP contribution < -0.4 is 0 Å². The van der Waals surface area contributed by atoms with Crippen LogP contribution in [0.5, 0.6) is 0 Å². The van der Waals surface area contributed by atoms with Gasteiger partial charge in [0.25, 0.3) is 0 Å². The van der Waals surface area contributed by atoms with Crippen LogP contribution in [-0.4, -0.2) is 83.6 Å². The van der Waals surface area contributed by atoms with Crippen LogP contribution >= 0.6 is 11.8 Å². The molecule has 0 aliphatic heterocycles. The molecule has 0 spiro atoms. The summed E-state index contributed by atoms with van der Waals surface area (Å²) in [5.74, 6) is 1.05. The van der Waals surface area contributed by atoms with E-state index in [0.29, 0.717) is 19.5 Å². The highest BCUT2D eigenvalue weighted by atomic mass is 32.2. The number of hydrogen-bond acceptors (Lipinski definition) is 7. The van der Waals surface area contributed by atoms with Gasteiger partial charge in [0.05, 0.1) is 6.61 Å². The van der Waals surface area contributed by atoms with E-state index < -0.39 is 6.29 Å². The lowest BCUT2D eigenvalue weighted by molar-refractivity contribution is -0.136. The van der Waals surface area contributed by atoms with Crippen molar-refractivity contribution in [1.82, 2.24) is 4.90 Å². The molecule has 37 heavy (non-hydrogen) atoms. The third kappa shape index (κ3) is 34.0. The maximum Gasteiger partial charge on any atom is 0.151 e. The molecule has 1 rings (SSSR count). The third-order valence-corrected chi connectivity index (χ3v) is 6.83. The van der Waals surface area contributed by atoms with Gasteiger partial charge < -0.3 is 20.4 Å². The molecule has 0 atom stereocenters. The van der Waals surface area contributed by atoms with Gasteiger partial charge in [0, 0.05) is 19.7 Å². The van der Waals surface area contributed by atoms with Crippen molar-refractivity contribution in [2.75, 3.05) is 52.0 Å². The number of halogens is 1. The van der Waals surface area contributed by atoms with E-state index in [0.717, 1.165) is 51.0 Å². The monoisotopic (exact) mass is 555 g/mol. The van der Waals surface area contributed by atoms with Crippen LogP contribution in [0.4, 0.5) is 4.53 Å². The largest absolute Gasteiger partial charge is 0.396 e. The molecule has 226 valence electrons. The van der Waals surface area contributed by atoms with Crippen molar-refractivity contribution in [2.24, 2.45) is 5.92 Å². The summed E-state index contributed by atoms with van der Waals surface area (Å²) >= 11 is 1.75. The number of aliphatic hydroxyl groups is 4.